The van der Waals surface area contributed by atoms with E-state index in [1.54, 1.807) is 18.0 Å². The monoisotopic (exact) mass is 393 g/mol. The Hall–Kier alpha value is -1.39. The van der Waals surface area contributed by atoms with Gasteiger partial charge in [-0.1, -0.05) is 27.7 Å². The van der Waals surface area contributed by atoms with Gasteiger partial charge in [-0.05, 0) is 67.8 Å². The Morgan fingerprint density at radius 3 is 2.46 bits per heavy atom. The molecule has 1 heterocycles. The van der Waals surface area contributed by atoms with Crippen LogP contribution in [0.4, 0.5) is 4.39 Å². The SMILES string of the molecule is CC.COC(=O)[C@H]1CCC2C3CCC4N(C)C(=O)C(F)=C[C@]4(C)C3CCC21C. The molecular weight excluding hydrogens is 357 g/mol. The number of esters is 1. The number of amides is 1. The summed E-state index contributed by atoms with van der Waals surface area (Å²) in [5.41, 5.74) is -0.309. The normalized spacial score (nSPS) is 44.4. The van der Waals surface area contributed by atoms with Crippen molar-refractivity contribution >= 4 is 11.9 Å². The van der Waals surface area contributed by atoms with Gasteiger partial charge in [0.25, 0.3) is 5.91 Å². The van der Waals surface area contributed by atoms with Crippen LogP contribution in [0.25, 0.3) is 0 Å². The number of carbonyl (C=O) groups excluding carboxylic acids is 2. The first-order valence-corrected chi connectivity index (χ1v) is 11.0. The first kappa shape index (κ1) is 21.3. The molecule has 28 heavy (non-hydrogen) atoms. The third-order valence-electron chi connectivity index (χ3n) is 8.64. The molecule has 7 atom stereocenters. The average Bonchev–Trinajstić information content (AvgIpc) is 3.04. The standard InChI is InChI=1S/C21H30FNO3.C2H6/c1-20-10-9-14-12(13(20)6-7-15(20)19(25)26-4)5-8-17-21(14,2)11-16(22)18(24)23(17)3;1-2/h11-15,17H,5-10H2,1-4H3;1-2H3/t12?,13?,14?,15-,17?,20?,21-;/m1./s1. The maximum atomic E-state index is 14.4. The molecule has 0 radical (unpaired) electrons. The van der Waals surface area contributed by atoms with Gasteiger partial charge < -0.3 is 9.64 Å². The highest BCUT2D eigenvalue weighted by Crippen LogP contribution is 2.65. The van der Waals surface area contributed by atoms with E-state index in [1.165, 1.54) is 7.11 Å². The van der Waals surface area contributed by atoms with Gasteiger partial charge in [0.05, 0.1) is 13.0 Å². The fraction of sp³-hybridized carbons (Fsp3) is 0.826. The molecule has 3 fully saturated rings. The molecule has 0 aromatic rings. The molecule has 5 heteroatoms. The zero-order valence-electron chi connectivity index (χ0n) is 18.3. The molecule has 0 spiro atoms. The second kappa shape index (κ2) is 7.46. The molecule has 3 saturated carbocycles. The van der Waals surface area contributed by atoms with Crippen LogP contribution in [-0.2, 0) is 14.3 Å². The third-order valence-corrected chi connectivity index (χ3v) is 8.64. The third kappa shape index (κ3) is 2.83. The number of ether oxygens (including phenoxy) is 1. The molecule has 0 N–H and O–H groups in total. The molecule has 3 aliphatic carbocycles. The van der Waals surface area contributed by atoms with Crippen LogP contribution in [0.5, 0.6) is 0 Å². The second-order valence-electron chi connectivity index (χ2n) is 9.44. The lowest BCUT2D eigenvalue weighted by atomic mass is 9.47. The average molecular weight is 394 g/mol. The van der Waals surface area contributed by atoms with Gasteiger partial charge in [-0.15, -0.1) is 0 Å². The van der Waals surface area contributed by atoms with Gasteiger partial charge in [-0.25, -0.2) is 4.39 Å². The number of hydrogen-bond acceptors (Lipinski definition) is 3. The van der Waals surface area contributed by atoms with Crippen LogP contribution < -0.4 is 0 Å². The minimum absolute atomic E-state index is 0.00387. The Balaban J connectivity index is 0.00000109. The summed E-state index contributed by atoms with van der Waals surface area (Å²) in [5, 5.41) is 0. The van der Waals surface area contributed by atoms with Crippen LogP contribution in [0.1, 0.15) is 66.2 Å². The van der Waals surface area contributed by atoms with E-state index >= 15 is 0 Å². The smallest absolute Gasteiger partial charge is 0.309 e. The predicted octanol–water partition coefficient (Wildman–Crippen LogP) is 4.74. The summed E-state index contributed by atoms with van der Waals surface area (Å²) >= 11 is 0. The van der Waals surface area contributed by atoms with E-state index in [4.69, 9.17) is 4.74 Å². The van der Waals surface area contributed by atoms with Crippen molar-refractivity contribution < 1.29 is 18.7 Å². The lowest BCUT2D eigenvalue weighted by Crippen LogP contribution is -2.60. The summed E-state index contributed by atoms with van der Waals surface area (Å²) in [6.07, 6.45) is 7.54. The highest BCUT2D eigenvalue weighted by molar-refractivity contribution is 5.92. The fourth-order valence-corrected chi connectivity index (χ4v) is 7.36. The number of carbonyl (C=O) groups is 2. The maximum Gasteiger partial charge on any atom is 0.309 e. The number of rotatable bonds is 1. The molecule has 0 aromatic heterocycles. The van der Waals surface area contributed by atoms with Gasteiger partial charge in [-0.3, -0.25) is 9.59 Å². The quantitative estimate of drug-likeness (QED) is 0.605. The summed E-state index contributed by atoms with van der Waals surface area (Å²) in [5.74, 6) is 0.210. The predicted molar refractivity (Wildman–Crippen MR) is 107 cm³/mol. The fourth-order valence-electron chi connectivity index (χ4n) is 7.36. The van der Waals surface area contributed by atoms with Crippen molar-refractivity contribution in [1.29, 1.82) is 0 Å². The molecule has 1 amide bonds. The summed E-state index contributed by atoms with van der Waals surface area (Å²) in [6.45, 7) is 8.41. The number of likely N-dealkylation sites (N-methyl/N-ethyl adjacent to an activating group) is 1. The molecule has 0 saturated heterocycles. The Bertz CT molecular complexity index is 677. The van der Waals surface area contributed by atoms with E-state index in [2.05, 4.69) is 13.8 Å². The van der Waals surface area contributed by atoms with Crippen molar-refractivity contribution in [2.75, 3.05) is 14.2 Å². The Kier molecular flexibility index (Phi) is 5.68. The first-order chi connectivity index (χ1) is 13.2. The zero-order chi connectivity index (χ0) is 20.9. The molecule has 0 bridgehead atoms. The van der Waals surface area contributed by atoms with Crippen molar-refractivity contribution in [3.8, 4) is 0 Å². The van der Waals surface area contributed by atoms with Gasteiger partial charge in [0.15, 0.2) is 5.83 Å². The zero-order valence-corrected chi connectivity index (χ0v) is 18.3. The Morgan fingerprint density at radius 1 is 1.14 bits per heavy atom. The van der Waals surface area contributed by atoms with Gasteiger partial charge in [0, 0.05) is 18.5 Å². The van der Waals surface area contributed by atoms with Crippen LogP contribution in [0.2, 0.25) is 0 Å². The van der Waals surface area contributed by atoms with Crippen LogP contribution in [-0.4, -0.2) is 37.0 Å². The molecule has 158 valence electrons. The molecule has 4 rings (SSSR count). The summed E-state index contributed by atoms with van der Waals surface area (Å²) in [4.78, 5) is 26.1. The van der Waals surface area contributed by atoms with Crippen molar-refractivity contribution in [2.24, 2.45) is 34.5 Å². The first-order valence-electron chi connectivity index (χ1n) is 11.0. The highest BCUT2D eigenvalue weighted by atomic mass is 19.1. The molecule has 1 aliphatic heterocycles. The maximum absolute atomic E-state index is 14.4. The molecule has 4 aliphatic rings. The Labute approximate surface area is 168 Å². The largest absolute Gasteiger partial charge is 0.469 e. The van der Waals surface area contributed by atoms with E-state index in [0.717, 1.165) is 38.5 Å². The summed E-state index contributed by atoms with van der Waals surface area (Å²) in [7, 11) is 3.23. The Morgan fingerprint density at radius 2 is 1.82 bits per heavy atom. The minimum Gasteiger partial charge on any atom is -0.469 e. The number of fused-ring (bicyclic) bond motifs is 5. The van der Waals surface area contributed by atoms with Crippen molar-refractivity contribution in [2.45, 2.75) is 72.3 Å². The van der Waals surface area contributed by atoms with E-state index in [9.17, 15) is 14.0 Å². The molecule has 0 aromatic carbocycles. The van der Waals surface area contributed by atoms with Crippen LogP contribution >= 0.6 is 0 Å². The van der Waals surface area contributed by atoms with Gasteiger partial charge >= 0.3 is 5.97 Å². The summed E-state index contributed by atoms with van der Waals surface area (Å²) < 4.78 is 19.5. The lowest BCUT2D eigenvalue weighted by molar-refractivity contribution is -0.156. The van der Waals surface area contributed by atoms with E-state index < -0.39 is 11.7 Å². The van der Waals surface area contributed by atoms with Crippen molar-refractivity contribution in [3.05, 3.63) is 11.9 Å². The van der Waals surface area contributed by atoms with Crippen LogP contribution in [0.3, 0.4) is 0 Å². The summed E-state index contributed by atoms with van der Waals surface area (Å²) in [6, 6.07) is 0.0814. The molecular formula is C23H36FNO3. The minimum atomic E-state index is -0.598. The number of methoxy groups -OCH3 is 1. The second-order valence-corrected chi connectivity index (χ2v) is 9.44. The van der Waals surface area contributed by atoms with Crippen molar-refractivity contribution in [1.82, 2.24) is 4.90 Å². The van der Waals surface area contributed by atoms with E-state index in [-0.39, 0.29) is 28.8 Å². The lowest BCUT2D eigenvalue weighted by Gasteiger charge is -2.60. The van der Waals surface area contributed by atoms with Gasteiger partial charge in [0.1, 0.15) is 0 Å². The van der Waals surface area contributed by atoms with Gasteiger partial charge in [-0.2, -0.15) is 0 Å². The van der Waals surface area contributed by atoms with Crippen LogP contribution in [0.15, 0.2) is 11.9 Å². The van der Waals surface area contributed by atoms with E-state index in [0.29, 0.717) is 17.8 Å². The molecule has 5 unspecified atom stereocenters. The highest BCUT2D eigenvalue weighted by Gasteiger charge is 2.62. The van der Waals surface area contributed by atoms with E-state index in [1.807, 2.05) is 13.8 Å². The van der Waals surface area contributed by atoms with Crippen molar-refractivity contribution in [3.63, 3.8) is 0 Å². The number of nitrogens with zero attached hydrogens (tertiary/aromatic N) is 1. The topological polar surface area (TPSA) is 46.6 Å². The van der Waals surface area contributed by atoms with Gasteiger partial charge in [0.2, 0.25) is 0 Å². The molecule has 4 nitrogen and oxygen atoms in total. The number of halogens is 1. The number of hydrogen-bond donors (Lipinski definition) is 0. The van der Waals surface area contributed by atoms with Crippen LogP contribution in [0, 0.1) is 34.5 Å².